The average Bonchev–Trinajstić information content (AvgIpc) is 2.53. The fraction of sp³-hybridized carbons (Fsp3) is 0.400. The third kappa shape index (κ3) is 3.62. The SMILES string of the molecule is Cc1ccc(NC2(Nc3ccc(C)cc3)CCCCC2)cc1. The zero-order chi connectivity index (χ0) is 15.4. The third-order valence-electron chi connectivity index (χ3n) is 4.58. The van der Waals surface area contributed by atoms with Crippen molar-refractivity contribution in [2.24, 2.45) is 0 Å². The molecule has 0 radical (unpaired) electrons. The Labute approximate surface area is 134 Å². The molecule has 0 amide bonds. The largest absolute Gasteiger partial charge is 0.363 e. The summed E-state index contributed by atoms with van der Waals surface area (Å²) < 4.78 is 0. The number of benzene rings is 2. The molecule has 0 atom stereocenters. The van der Waals surface area contributed by atoms with Crippen LogP contribution in [0.2, 0.25) is 0 Å². The molecule has 1 aliphatic rings. The zero-order valence-electron chi connectivity index (χ0n) is 13.7. The number of aryl methyl sites for hydroxylation is 2. The van der Waals surface area contributed by atoms with Gasteiger partial charge < -0.3 is 10.6 Å². The van der Waals surface area contributed by atoms with Crippen LogP contribution in [0.4, 0.5) is 11.4 Å². The van der Waals surface area contributed by atoms with Gasteiger partial charge in [-0.05, 0) is 63.8 Å². The summed E-state index contributed by atoms with van der Waals surface area (Å²) in [6.45, 7) is 4.26. The molecule has 1 aliphatic carbocycles. The molecule has 1 saturated carbocycles. The van der Waals surface area contributed by atoms with Crippen LogP contribution in [0.1, 0.15) is 43.2 Å². The van der Waals surface area contributed by atoms with Crippen LogP contribution < -0.4 is 10.6 Å². The first-order valence-corrected chi connectivity index (χ1v) is 8.35. The summed E-state index contributed by atoms with van der Waals surface area (Å²) in [7, 11) is 0. The quantitative estimate of drug-likeness (QED) is 0.729. The standard InChI is InChI=1S/C20H26N2/c1-16-6-10-18(11-7-16)21-20(14-4-3-5-15-20)22-19-12-8-17(2)9-13-19/h6-13,21-22H,3-5,14-15H2,1-2H3. The van der Waals surface area contributed by atoms with E-state index in [-0.39, 0.29) is 5.66 Å². The van der Waals surface area contributed by atoms with Crippen molar-refractivity contribution in [2.45, 2.75) is 51.6 Å². The summed E-state index contributed by atoms with van der Waals surface area (Å²) in [5, 5.41) is 7.55. The molecule has 0 heterocycles. The van der Waals surface area contributed by atoms with Gasteiger partial charge in [-0.3, -0.25) is 0 Å². The average molecular weight is 294 g/mol. The minimum absolute atomic E-state index is 0.0250. The van der Waals surface area contributed by atoms with Crippen LogP contribution in [-0.2, 0) is 0 Å². The predicted octanol–water partition coefficient (Wildman–Crippen LogP) is 5.49. The lowest BCUT2D eigenvalue weighted by molar-refractivity contribution is 0.359. The smallest absolute Gasteiger partial charge is 0.108 e. The van der Waals surface area contributed by atoms with Gasteiger partial charge in [0, 0.05) is 11.4 Å². The Hall–Kier alpha value is -1.96. The lowest BCUT2D eigenvalue weighted by atomic mass is 9.88. The molecular weight excluding hydrogens is 268 g/mol. The van der Waals surface area contributed by atoms with Gasteiger partial charge >= 0.3 is 0 Å². The van der Waals surface area contributed by atoms with Gasteiger partial charge in [0.1, 0.15) is 5.66 Å². The molecular formula is C20H26N2. The van der Waals surface area contributed by atoms with E-state index in [9.17, 15) is 0 Å². The van der Waals surface area contributed by atoms with Crippen molar-refractivity contribution in [1.82, 2.24) is 0 Å². The number of anilines is 2. The van der Waals surface area contributed by atoms with Crippen LogP contribution >= 0.6 is 0 Å². The molecule has 2 aromatic rings. The van der Waals surface area contributed by atoms with E-state index in [1.54, 1.807) is 0 Å². The van der Waals surface area contributed by atoms with E-state index in [2.05, 4.69) is 73.0 Å². The molecule has 0 spiro atoms. The van der Waals surface area contributed by atoms with Gasteiger partial charge in [-0.1, -0.05) is 41.8 Å². The molecule has 0 aliphatic heterocycles. The van der Waals surface area contributed by atoms with Crippen molar-refractivity contribution < 1.29 is 0 Å². The highest BCUT2D eigenvalue weighted by atomic mass is 15.2. The Balaban J connectivity index is 1.80. The third-order valence-corrected chi connectivity index (χ3v) is 4.58. The molecule has 116 valence electrons. The Morgan fingerprint density at radius 2 is 1.05 bits per heavy atom. The maximum atomic E-state index is 3.77. The molecule has 1 fully saturated rings. The molecule has 2 nitrogen and oxygen atoms in total. The second kappa shape index (κ2) is 6.43. The fourth-order valence-electron chi connectivity index (χ4n) is 3.26. The summed E-state index contributed by atoms with van der Waals surface area (Å²) in [6, 6.07) is 17.4. The fourth-order valence-corrected chi connectivity index (χ4v) is 3.26. The molecule has 22 heavy (non-hydrogen) atoms. The zero-order valence-corrected chi connectivity index (χ0v) is 13.7. The van der Waals surface area contributed by atoms with Crippen molar-refractivity contribution in [3.63, 3.8) is 0 Å². The minimum Gasteiger partial charge on any atom is -0.363 e. The topological polar surface area (TPSA) is 24.1 Å². The predicted molar refractivity (Wildman–Crippen MR) is 95.4 cm³/mol. The van der Waals surface area contributed by atoms with Crippen molar-refractivity contribution >= 4 is 11.4 Å². The van der Waals surface area contributed by atoms with E-state index in [4.69, 9.17) is 0 Å². The Morgan fingerprint density at radius 3 is 1.45 bits per heavy atom. The van der Waals surface area contributed by atoms with E-state index in [1.165, 1.54) is 41.8 Å². The molecule has 0 saturated heterocycles. The second-order valence-electron chi connectivity index (χ2n) is 6.62. The van der Waals surface area contributed by atoms with Gasteiger partial charge in [0.05, 0.1) is 0 Å². The monoisotopic (exact) mass is 294 g/mol. The molecule has 0 aromatic heterocycles. The van der Waals surface area contributed by atoms with Crippen LogP contribution in [0.15, 0.2) is 48.5 Å². The number of rotatable bonds is 4. The van der Waals surface area contributed by atoms with E-state index in [1.807, 2.05) is 0 Å². The summed E-state index contributed by atoms with van der Waals surface area (Å²) in [4.78, 5) is 0. The minimum atomic E-state index is -0.0250. The van der Waals surface area contributed by atoms with Crippen LogP contribution in [0.3, 0.4) is 0 Å². The molecule has 2 N–H and O–H groups in total. The molecule has 0 unspecified atom stereocenters. The maximum absolute atomic E-state index is 3.77. The Morgan fingerprint density at radius 1 is 0.636 bits per heavy atom. The summed E-state index contributed by atoms with van der Waals surface area (Å²) >= 11 is 0. The van der Waals surface area contributed by atoms with Gasteiger partial charge in [-0.15, -0.1) is 0 Å². The first-order chi connectivity index (χ1) is 10.7. The highest BCUT2D eigenvalue weighted by molar-refractivity contribution is 5.53. The van der Waals surface area contributed by atoms with Gasteiger partial charge in [-0.25, -0.2) is 0 Å². The molecule has 2 heteroatoms. The van der Waals surface area contributed by atoms with Gasteiger partial charge in [-0.2, -0.15) is 0 Å². The molecule has 0 bridgehead atoms. The van der Waals surface area contributed by atoms with Crippen LogP contribution in [0, 0.1) is 13.8 Å². The van der Waals surface area contributed by atoms with Crippen LogP contribution in [-0.4, -0.2) is 5.66 Å². The first-order valence-electron chi connectivity index (χ1n) is 8.35. The van der Waals surface area contributed by atoms with E-state index >= 15 is 0 Å². The van der Waals surface area contributed by atoms with Gasteiger partial charge in [0.15, 0.2) is 0 Å². The Kier molecular flexibility index (Phi) is 4.37. The lowest BCUT2D eigenvalue weighted by Crippen LogP contribution is -2.47. The van der Waals surface area contributed by atoms with Crippen molar-refractivity contribution in [1.29, 1.82) is 0 Å². The Bertz CT molecular complexity index is 543. The summed E-state index contributed by atoms with van der Waals surface area (Å²) in [5.74, 6) is 0. The van der Waals surface area contributed by atoms with Crippen molar-refractivity contribution in [3.8, 4) is 0 Å². The lowest BCUT2D eigenvalue weighted by Gasteiger charge is -2.40. The molecule has 2 aromatic carbocycles. The number of hydrogen-bond acceptors (Lipinski definition) is 2. The normalized spacial score (nSPS) is 17.0. The van der Waals surface area contributed by atoms with E-state index in [0.717, 1.165) is 12.8 Å². The maximum Gasteiger partial charge on any atom is 0.108 e. The first kappa shape index (κ1) is 15.0. The second-order valence-corrected chi connectivity index (χ2v) is 6.62. The van der Waals surface area contributed by atoms with Gasteiger partial charge in [0.2, 0.25) is 0 Å². The van der Waals surface area contributed by atoms with Gasteiger partial charge in [0.25, 0.3) is 0 Å². The summed E-state index contributed by atoms with van der Waals surface area (Å²) in [5.41, 5.74) is 4.98. The van der Waals surface area contributed by atoms with Crippen molar-refractivity contribution in [3.05, 3.63) is 59.7 Å². The van der Waals surface area contributed by atoms with Crippen molar-refractivity contribution in [2.75, 3.05) is 10.6 Å². The highest BCUT2D eigenvalue weighted by Crippen LogP contribution is 2.33. The molecule has 3 rings (SSSR count). The van der Waals surface area contributed by atoms with Crippen LogP contribution in [0.25, 0.3) is 0 Å². The highest BCUT2D eigenvalue weighted by Gasteiger charge is 2.31. The van der Waals surface area contributed by atoms with E-state index in [0.29, 0.717) is 0 Å². The van der Waals surface area contributed by atoms with E-state index < -0.39 is 0 Å². The van der Waals surface area contributed by atoms with Crippen LogP contribution in [0.5, 0.6) is 0 Å². The summed E-state index contributed by atoms with van der Waals surface area (Å²) in [6.07, 6.45) is 6.21. The number of hydrogen-bond donors (Lipinski definition) is 2. The number of nitrogens with one attached hydrogen (secondary N) is 2.